The van der Waals surface area contributed by atoms with E-state index in [-0.39, 0.29) is 24.8 Å². The number of hydrogen-bond donors (Lipinski definition) is 0. The van der Waals surface area contributed by atoms with Crippen molar-refractivity contribution < 1.29 is 35.9 Å². The molecule has 2 aromatic carbocycles. The highest BCUT2D eigenvalue weighted by atomic mass is 19.4. The first kappa shape index (κ1) is 33.7. The number of aromatic nitrogens is 1. The van der Waals surface area contributed by atoms with Crippen LogP contribution in [0.1, 0.15) is 69.7 Å². The minimum Gasteiger partial charge on any atom is -0.450 e. The lowest BCUT2D eigenvalue weighted by Crippen LogP contribution is -2.33. The number of unbranched alkanes of at least 4 members (excludes halogenated alkanes) is 1. The molecule has 0 atom stereocenters. The van der Waals surface area contributed by atoms with Gasteiger partial charge in [0.25, 0.3) is 0 Å². The van der Waals surface area contributed by atoms with Crippen LogP contribution in [0.4, 0.5) is 37.0 Å². The standard InChI is InChI=1S/C28H31F6N3O2.C2H6/c1-4-7-12-36(5-2)25-21(15-20-10-8-9-11-24(20)35-25)18-37(26(38)39-6-3)17-19-13-22(27(29,30)31)16-23(14-19)28(32,33)34;1-2/h8-11,13-16H,4-7,12,17-18H2,1-3H3;1-2H3. The Hall–Kier alpha value is -3.50. The van der Waals surface area contributed by atoms with Crippen molar-refractivity contribution in [1.29, 1.82) is 0 Å². The van der Waals surface area contributed by atoms with Crippen molar-refractivity contribution >= 4 is 22.8 Å². The quantitative estimate of drug-likeness (QED) is 0.223. The number of hydrogen-bond acceptors (Lipinski definition) is 4. The predicted octanol–water partition coefficient (Wildman–Crippen LogP) is 9.08. The average molecular weight is 586 g/mol. The van der Waals surface area contributed by atoms with E-state index in [4.69, 9.17) is 9.72 Å². The minimum absolute atomic E-state index is 0.0217. The molecule has 0 aliphatic rings. The van der Waals surface area contributed by atoms with E-state index in [2.05, 4.69) is 6.92 Å². The van der Waals surface area contributed by atoms with E-state index >= 15 is 0 Å². The summed E-state index contributed by atoms with van der Waals surface area (Å²) < 4.78 is 85.8. The molecule has 1 heterocycles. The fourth-order valence-electron chi connectivity index (χ4n) is 4.24. The van der Waals surface area contributed by atoms with Crippen molar-refractivity contribution in [3.63, 3.8) is 0 Å². The number of para-hydroxylation sites is 1. The number of carbonyl (C=O) groups excluding carboxylic acids is 1. The lowest BCUT2D eigenvalue weighted by molar-refractivity contribution is -0.143. The summed E-state index contributed by atoms with van der Waals surface area (Å²) in [5.41, 5.74) is -1.88. The molecule has 0 saturated carbocycles. The Kier molecular flexibility index (Phi) is 12.3. The SMILES string of the molecule is CC.CCCCN(CC)c1nc2ccccc2cc1CN(Cc1cc(C(F)(F)F)cc(C(F)(F)F)c1)C(=O)OCC. The molecule has 0 aliphatic heterocycles. The van der Waals surface area contributed by atoms with Crippen molar-refractivity contribution in [2.24, 2.45) is 0 Å². The number of alkyl halides is 6. The van der Waals surface area contributed by atoms with Crippen molar-refractivity contribution in [2.75, 3.05) is 24.6 Å². The zero-order valence-electron chi connectivity index (χ0n) is 24.0. The molecule has 0 aliphatic carbocycles. The van der Waals surface area contributed by atoms with E-state index in [1.807, 2.05) is 56.0 Å². The Morgan fingerprint density at radius 3 is 2.02 bits per heavy atom. The van der Waals surface area contributed by atoms with E-state index < -0.39 is 36.1 Å². The molecule has 41 heavy (non-hydrogen) atoms. The molecular formula is C30H37F6N3O2. The van der Waals surface area contributed by atoms with E-state index in [0.29, 0.717) is 36.6 Å². The third kappa shape index (κ3) is 9.26. The number of halogens is 6. The molecule has 0 radical (unpaired) electrons. The van der Waals surface area contributed by atoms with Gasteiger partial charge in [-0.05, 0) is 56.2 Å². The molecule has 0 saturated heterocycles. The maximum Gasteiger partial charge on any atom is 0.416 e. The molecule has 1 amide bonds. The molecule has 1 aromatic heterocycles. The number of benzene rings is 2. The summed E-state index contributed by atoms with van der Waals surface area (Å²) in [7, 11) is 0. The maximum atomic E-state index is 13.4. The molecule has 3 aromatic rings. The third-order valence-electron chi connectivity index (χ3n) is 6.15. The molecule has 0 unspecified atom stereocenters. The first-order valence-electron chi connectivity index (χ1n) is 13.7. The number of carbonyl (C=O) groups is 1. The molecule has 0 fully saturated rings. The van der Waals surface area contributed by atoms with Crippen LogP contribution in [-0.4, -0.2) is 35.7 Å². The number of nitrogens with zero attached hydrogens (tertiary/aromatic N) is 3. The van der Waals surface area contributed by atoms with Gasteiger partial charge in [-0.2, -0.15) is 26.3 Å². The van der Waals surface area contributed by atoms with Crippen LogP contribution in [0.5, 0.6) is 0 Å². The molecular weight excluding hydrogens is 548 g/mol. The highest BCUT2D eigenvalue weighted by molar-refractivity contribution is 5.82. The van der Waals surface area contributed by atoms with E-state index in [0.717, 1.165) is 28.6 Å². The second-order valence-electron chi connectivity index (χ2n) is 9.07. The van der Waals surface area contributed by atoms with Gasteiger partial charge >= 0.3 is 18.4 Å². The lowest BCUT2D eigenvalue weighted by atomic mass is 10.0. The molecule has 3 rings (SSSR count). The lowest BCUT2D eigenvalue weighted by Gasteiger charge is -2.28. The summed E-state index contributed by atoms with van der Waals surface area (Å²) in [5.74, 6) is 0.596. The van der Waals surface area contributed by atoms with Crippen molar-refractivity contribution in [2.45, 2.75) is 72.9 Å². The predicted molar refractivity (Wildman–Crippen MR) is 149 cm³/mol. The molecule has 0 N–H and O–H groups in total. The topological polar surface area (TPSA) is 45.7 Å². The Bertz CT molecular complexity index is 1250. The summed E-state index contributed by atoms with van der Waals surface area (Å²) in [6.45, 7) is 10.2. The summed E-state index contributed by atoms with van der Waals surface area (Å²) >= 11 is 0. The molecule has 226 valence electrons. The maximum absolute atomic E-state index is 13.4. The molecule has 5 nitrogen and oxygen atoms in total. The highest BCUT2D eigenvalue weighted by Crippen LogP contribution is 2.37. The Balaban J connectivity index is 0.00000287. The van der Waals surface area contributed by atoms with Gasteiger partial charge in [0, 0.05) is 30.6 Å². The minimum atomic E-state index is -5.00. The zero-order chi connectivity index (χ0) is 30.8. The van der Waals surface area contributed by atoms with Gasteiger partial charge in [-0.3, -0.25) is 4.90 Å². The summed E-state index contributed by atoms with van der Waals surface area (Å²) in [4.78, 5) is 20.9. The summed E-state index contributed by atoms with van der Waals surface area (Å²) in [6, 6.07) is 10.5. The number of rotatable bonds is 10. The highest BCUT2D eigenvalue weighted by Gasteiger charge is 2.37. The molecule has 0 bridgehead atoms. The van der Waals surface area contributed by atoms with Crippen LogP contribution < -0.4 is 4.90 Å². The van der Waals surface area contributed by atoms with Crippen LogP contribution in [0.3, 0.4) is 0 Å². The number of fused-ring (bicyclic) bond motifs is 1. The summed E-state index contributed by atoms with van der Waals surface area (Å²) in [5, 5.41) is 0.782. The van der Waals surface area contributed by atoms with Crippen LogP contribution in [0.25, 0.3) is 10.9 Å². The first-order valence-corrected chi connectivity index (χ1v) is 13.7. The normalized spacial score (nSPS) is 11.6. The van der Waals surface area contributed by atoms with Gasteiger partial charge in [0.2, 0.25) is 0 Å². The van der Waals surface area contributed by atoms with Gasteiger partial charge < -0.3 is 9.64 Å². The van der Waals surface area contributed by atoms with Crippen LogP contribution in [0.15, 0.2) is 48.5 Å². The zero-order valence-corrected chi connectivity index (χ0v) is 24.0. The van der Waals surface area contributed by atoms with Gasteiger partial charge in [0.15, 0.2) is 0 Å². The van der Waals surface area contributed by atoms with Crippen molar-refractivity contribution in [1.82, 2.24) is 9.88 Å². The fourth-order valence-corrected chi connectivity index (χ4v) is 4.24. The van der Waals surface area contributed by atoms with Gasteiger partial charge in [-0.1, -0.05) is 45.4 Å². The monoisotopic (exact) mass is 585 g/mol. The second-order valence-corrected chi connectivity index (χ2v) is 9.07. The Labute approximate surface area is 237 Å². The molecule has 11 heteroatoms. The number of amides is 1. The largest absolute Gasteiger partial charge is 0.450 e. The van der Waals surface area contributed by atoms with E-state index in [1.54, 1.807) is 6.92 Å². The number of pyridine rings is 1. The Morgan fingerprint density at radius 1 is 0.878 bits per heavy atom. The number of anilines is 1. The smallest absolute Gasteiger partial charge is 0.416 e. The van der Waals surface area contributed by atoms with Crippen LogP contribution in [0, 0.1) is 0 Å². The van der Waals surface area contributed by atoms with Crippen molar-refractivity contribution in [3.05, 3.63) is 70.8 Å². The third-order valence-corrected chi connectivity index (χ3v) is 6.15. The van der Waals surface area contributed by atoms with Gasteiger partial charge in [0.1, 0.15) is 5.82 Å². The first-order chi connectivity index (χ1) is 19.4. The fraction of sp³-hybridized carbons (Fsp3) is 0.467. The molecule has 0 spiro atoms. The van der Waals surface area contributed by atoms with Gasteiger partial charge in [0.05, 0.1) is 29.8 Å². The van der Waals surface area contributed by atoms with Crippen LogP contribution >= 0.6 is 0 Å². The van der Waals surface area contributed by atoms with E-state index in [9.17, 15) is 31.1 Å². The van der Waals surface area contributed by atoms with Gasteiger partial charge in [-0.15, -0.1) is 0 Å². The average Bonchev–Trinajstić information content (AvgIpc) is 2.93. The van der Waals surface area contributed by atoms with E-state index in [1.165, 1.54) is 0 Å². The van der Waals surface area contributed by atoms with Crippen molar-refractivity contribution in [3.8, 4) is 0 Å². The van der Waals surface area contributed by atoms with Crippen LogP contribution in [0.2, 0.25) is 0 Å². The number of ether oxygens (including phenoxy) is 1. The Morgan fingerprint density at radius 2 is 1.49 bits per heavy atom. The van der Waals surface area contributed by atoms with Crippen LogP contribution in [-0.2, 0) is 30.2 Å². The second kappa shape index (κ2) is 14.9. The van der Waals surface area contributed by atoms with Gasteiger partial charge in [-0.25, -0.2) is 9.78 Å². The summed E-state index contributed by atoms with van der Waals surface area (Å²) in [6.07, 6.45) is -9.04.